The van der Waals surface area contributed by atoms with Crippen molar-refractivity contribution >= 4 is 17.9 Å². The lowest BCUT2D eigenvalue weighted by molar-refractivity contribution is -0.327. The summed E-state index contributed by atoms with van der Waals surface area (Å²) < 4.78 is 37.3. The third-order valence-corrected chi connectivity index (χ3v) is 8.98. The first-order valence-electron chi connectivity index (χ1n) is 16.6. The molecule has 18 heteroatoms. The monoisotopic (exact) mass is 734 g/mol. The highest BCUT2D eigenvalue weighted by Gasteiger charge is 2.47. The number of allylic oxidation sites excluding steroid dienone is 2. The van der Waals surface area contributed by atoms with Gasteiger partial charge in [0.2, 0.25) is 12.6 Å². The summed E-state index contributed by atoms with van der Waals surface area (Å²) in [4.78, 5) is 38.0. The molecule has 0 bridgehead atoms. The van der Waals surface area contributed by atoms with Crippen LogP contribution < -0.4 is 0 Å². The van der Waals surface area contributed by atoms with Crippen LogP contribution in [-0.4, -0.2) is 153 Å². The van der Waals surface area contributed by atoms with Crippen molar-refractivity contribution in [3.63, 3.8) is 0 Å². The number of hydrogen-bond acceptors (Lipinski definition) is 18. The zero-order valence-corrected chi connectivity index (χ0v) is 28.8. The summed E-state index contributed by atoms with van der Waals surface area (Å²) in [5, 5.41) is 79.2. The quantitative estimate of drug-likeness (QED) is 0.0384. The third-order valence-electron chi connectivity index (χ3n) is 8.98. The summed E-state index contributed by atoms with van der Waals surface area (Å²) in [7, 11) is 1.16. The SMILES string of the molecule is C/C=C1\[C@H](O[C@@H]2O[C@H](CO)[C@@H](O)[C@H](O)[C@H]2O)OC=C(C(=O)OC)[C@H]1CC(=O)OCCC(C)CC/C=C(\C)C(=O)O[C@@H]1O[C@H](CO)[C@@H](O)[C@H](O)[C@H]1O. The standard InChI is InChI=1S/C33H50O18/c1-5-17-18(19(30(44)45-4)14-47-31(17)51-33-28(42)26(40)24(38)21(13-35)49-33)11-22(36)46-10-9-15(2)7-6-8-16(3)29(43)50-32-27(41)25(39)23(37)20(12-34)48-32/h5,8,14-15,18,20-21,23-28,31-35,37-42H,6-7,9-13H2,1-4H3/b16-8+,17-5-/t15?,18-,20+,21+,23+,24+,25-,26-,27+,28+,31-,32-,33-/m0/s1. The number of aliphatic hydroxyl groups is 8. The molecule has 0 spiro atoms. The summed E-state index contributed by atoms with van der Waals surface area (Å²) in [5.74, 6) is -3.13. The van der Waals surface area contributed by atoms with E-state index in [1.807, 2.05) is 6.92 Å². The van der Waals surface area contributed by atoms with Gasteiger partial charge in [0.25, 0.3) is 0 Å². The van der Waals surface area contributed by atoms with Crippen LogP contribution in [-0.2, 0) is 47.5 Å². The van der Waals surface area contributed by atoms with Gasteiger partial charge in [-0.15, -0.1) is 0 Å². The van der Waals surface area contributed by atoms with Crippen LogP contribution in [0.1, 0.15) is 46.5 Å². The van der Waals surface area contributed by atoms with E-state index in [4.69, 9.17) is 33.2 Å². The Morgan fingerprint density at radius 2 is 1.47 bits per heavy atom. The average Bonchev–Trinajstić information content (AvgIpc) is 3.11. The third kappa shape index (κ3) is 10.8. The molecule has 0 amide bonds. The fraction of sp³-hybridized carbons (Fsp3) is 0.727. The Labute approximate surface area is 294 Å². The van der Waals surface area contributed by atoms with E-state index < -0.39 is 105 Å². The van der Waals surface area contributed by atoms with Gasteiger partial charge in [0.15, 0.2) is 6.29 Å². The van der Waals surface area contributed by atoms with Crippen molar-refractivity contribution < 1.29 is 88.4 Å². The number of rotatable bonds is 15. The topological polar surface area (TPSA) is 278 Å². The molecule has 2 saturated heterocycles. The predicted octanol–water partition coefficient (Wildman–Crippen LogP) is -2.19. The van der Waals surface area contributed by atoms with E-state index in [0.717, 1.165) is 13.4 Å². The maximum atomic E-state index is 13.0. The summed E-state index contributed by atoms with van der Waals surface area (Å²) in [6, 6.07) is 0. The van der Waals surface area contributed by atoms with Crippen LogP contribution in [0, 0.1) is 11.8 Å². The molecule has 13 atom stereocenters. The van der Waals surface area contributed by atoms with Crippen LogP contribution >= 0.6 is 0 Å². The van der Waals surface area contributed by atoms with Crippen molar-refractivity contribution in [3.8, 4) is 0 Å². The molecule has 18 nitrogen and oxygen atoms in total. The molecule has 0 aromatic carbocycles. The van der Waals surface area contributed by atoms with Crippen molar-refractivity contribution in [2.24, 2.45) is 11.8 Å². The van der Waals surface area contributed by atoms with E-state index in [2.05, 4.69) is 0 Å². The van der Waals surface area contributed by atoms with Crippen molar-refractivity contribution in [3.05, 3.63) is 35.1 Å². The Bertz CT molecular complexity index is 1260. The highest BCUT2D eigenvalue weighted by atomic mass is 16.8. The highest BCUT2D eigenvalue weighted by molar-refractivity contribution is 5.90. The van der Waals surface area contributed by atoms with Crippen LogP contribution in [0.2, 0.25) is 0 Å². The van der Waals surface area contributed by atoms with Crippen LogP contribution in [0.15, 0.2) is 35.1 Å². The Morgan fingerprint density at radius 1 is 0.882 bits per heavy atom. The van der Waals surface area contributed by atoms with Gasteiger partial charge < -0.3 is 74.0 Å². The maximum Gasteiger partial charge on any atom is 0.337 e. The number of carbonyl (C=O) groups excluding carboxylic acids is 3. The second-order valence-electron chi connectivity index (χ2n) is 12.6. The van der Waals surface area contributed by atoms with Crippen LogP contribution in [0.25, 0.3) is 0 Å². The van der Waals surface area contributed by atoms with Crippen LogP contribution in [0.5, 0.6) is 0 Å². The second-order valence-corrected chi connectivity index (χ2v) is 12.6. The zero-order chi connectivity index (χ0) is 38.0. The Kier molecular flexibility index (Phi) is 16.4. The molecule has 51 heavy (non-hydrogen) atoms. The van der Waals surface area contributed by atoms with E-state index in [9.17, 15) is 55.2 Å². The molecule has 1 unspecified atom stereocenters. The van der Waals surface area contributed by atoms with E-state index in [-0.39, 0.29) is 35.7 Å². The molecular formula is C33H50O18. The van der Waals surface area contributed by atoms with Gasteiger partial charge in [-0.25, -0.2) is 9.59 Å². The maximum absolute atomic E-state index is 13.0. The number of hydrogen-bond donors (Lipinski definition) is 8. The van der Waals surface area contributed by atoms with Crippen molar-refractivity contribution in [1.82, 2.24) is 0 Å². The largest absolute Gasteiger partial charge is 0.468 e. The van der Waals surface area contributed by atoms with Crippen LogP contribution in [0.3, 0.4) is 0 Å². The van der Waals surface area contributed by atoms with Gasteiger partial charge in [0, 0.05) is 17.1 Å². The van der Waals surface area contributed by atoms with Gasteiger partial charge in [0.1, 0.15) is 48.8 Å². The molecule has 3 aliphatic rings. The Balaban J connectivity index is 1.51. The molecule has 8 N–H and O–H groups in total. The predicted molar refractivity (Wildman–Crippen MR) is 169 cm³/mol. The van der Waals surface area contributed by atoms with E-state index in [0.29, 0.717) is 19.3 Å². The summed E-state index contributed by atoms with van der Waals surface area (Å²) in [6.45, 7) is 3.71. The molecule has 290 valence electrons. The van der Waals surface area contributed by atoms with Crippen molar-refractivity contribution in [2.45, 2.75) is 114 Å². The second kappa shape index (κ2) is 19.7. The fourth-order valence-corrected chi connectivity index (χ4v) is 5.70. The molecule has 3 rings (SSSR count). The zero-order valence-electron chi connectivity index (χ0n) is 28.8. The van der Waals surface area contributed by atoms with Gasteiger partial charge in [-0.3, -0.25) is 4.79 Å². The first-order chi connectivity index (χ1) is 24.2. The average molecular weight is 735 g/mol. The van der Waals surface area contributed by atoms with Gasteiger partial charge >= 0.3 is 17.9 Å². The minimum atomic E-state index is -1.72. The summed E-state index contributed by atoms with van der Waals surface area (Å²) >= 11 is 0. The number of methoxy groups -OCH3 is 1. The molecule has 3 aliphatic heterocycles. The lowest BCUT2D eigenvalue weighted by Gasteiger charge is -2.41. The fourth-order valence-electron chi connectivity index (χ4n) is 5.70. The molecule has 2 fully saturated rings. The first kappa shape index (κ1) is 42.4. The smallest absolute Gasteiger partial charge is 0.337 e. The van der Waals surface area contributed by atoms with E-state index in [1.54, 1.807) is 19.1 Å². The molecule has 0 aromatic heterocycles. The molecule has 0 saturated carbocycles. The number of aliphatic hydroxyl groups excluding tert-OH is 8. The molecule has 0 radical (unpaired) electrons. The van der Waals surface area contributed by atoms with Gasteiger partial charge in [-0.05, 0) is 39.0 Å². The molecule has 0 aromatic rings. The van der Waals surface area contributed by atoms with Gasteiger partial charge in [0.05, 0.1) is 45.2 Å². The normalized spacial score (nSPS) is 35.7. The van der Waals surface area contributed by atoms with E-state index >= 15 is 0 Å². The summed E-state index contributed by atoms with van der Waals surface area (Å²) in [6.07, 6.45) is -11.5. The van der Waals surface area contributed by atoms with Crippen molar-refractivity contribution in [1.29, 1.82) is 0 Å². The lowest BCUT2D eigenvalue weighted by Crippen LogP contribution is -2.60. The minimum Gasteiger partial charge on any atom is -0.468 e. The van der Waals surface area contributed by atoms with E-state index in [1.165, 1.54) is 6.92 Å². The summed E-state index contributed by atoms with van der Waals surface area (Å²) in [5.41, 5.74) is 0.481. The number of esters is 3. The van der Waals surface area contributed by atoms with Gasteiger partial charge in [-0.2, -0.15) is 0 Å². The lowest BCUT2D eigenvalue weighted by atomic mass is 9.86. The Hall–Kier alpha value is -3.01. The van der Waals surface area contributed by atoms with Crippen molar-refractivity contribution in [2.75, 3.05) is 26.9 Å². The van der Waals surface area contributed by atoms with Crippen LogP contribution in [0.4, 0.5) is 0 Å². The number of carbonyl (C=O) groups is 3. The first-order valence-corrected chi connectivity index (χ1v) is 16.6. The minimum absolute atomic E-state index is 0.00297. The molecule has 3 heterocycles. The Morgan fingerprint density at radius 3 is 2.04 bits per heavy atom. The number of ether oxygens (including phenoxy) is 7. The highest BCUT2D eigenvalue weighted by Crippen LogP contribution is 2.36. The molecule has 0 aliphatic carbocycles. The molecular weight excluding hydrogens is 684 g/mol. The van der Waals surface area contributed by atoms with Gasteiger partial charge in [-0.1, -0.05) is 19.1 Å².